The number of allylic oxidation sites excluding steroid dienone is 2. The van der Waals surface area contributed by atoms with Gasteiger partial charge in [0.15, 0.2) is 0 Å². The fourth-order valence-corrected chi connectivity index (χ4v) is 2.65. The molecule has 0 saturated carbocycles. The standard InChI is InChI=1S/C14H19NO2/c1-4-5-8-15-13(16)11-9(2)6-7-10(3)12(11)14(15)17/h6-7,11-12H,4-5,8H2,1-3H3. The Kier molecular flexibility index (Phi) is 3.18. The van der Waals surface area contributed by atoms with Crippen molar-refractivity contribution in [1.29, 1.82) is 0 Å². The Morgan fingerprint density at radius 1 is 1.06 bits per heavy atom. The summed E-state index contributed by atoms with van der Waals surface area (Å²) in [4.78, 5) is 26.0. The van der Waals surface area contributed by atoms with Crippen LogP contribution in [-0.4, -0.2) is 23.3 Å². The third-order valence-electron chi connectivity index (χ3n) is 3.72. The van der Waals surface area contributed by atoms with Crippen LogP contribution in [0.1, 0.15) is 33.6 Å². The molecule has 1 aliphatic heterocycles. The lowest BCUT2D eigenvalue weighted by Crippen LogP contribution is -2.32. The zero-order chi connectivity index (χ0) is 12.6. The number of rotatable bonds is 3. The molecule has 92 valence electrons. The number of carbonyl (C=O) groups is 2. The number of unbranched alkanes of at least 4 members (excludes halogenated alkanes) is 1. The minimum atomic E-state index is -0.232. The first kappa shape index (κ1) is 12.1. The molecule has 17 heavy (non-hydrogen) atoms. The summed E-state index contributed by atoms with van der Waals surface area (Å²) in [7, 11) is 0. The topological polar surface area (TPSA) is 37.4 Å². The van der Waals surface area contributed by atoms with Crippen molar-refractivity contribution in [2.24, 2.45) is 11.8 Å². The lowest BCUT2D eigenvalue weighted by molar-refractivity contribution is -0.139. The molecule has 0 N–H and O–H groups in total. The Morgan fingerprint density at radius 3 is 1.94 bits per heavy atom. The van der Waals surface area contributed by atoms with E-state index in [1.165, 1.54) is 4.90 Å². The molecule has 1 saturated heterocycles. The van der Waals surface area contributed by atoms with E-state index in [1.807, 2.05) is 26.0 Å². The van der Waals surface area contributed by atoms with E-state index in [2.05, 4.69) is 6.92 Å². The Bertz CT molecular complexity index is 384. The second-order valence-corrected chi connectivity index (χ2v) is 4.96. The van der Waals surface area contributed by atoms with Crippen LogP contribution < -0.4 is 0 Å². The van der Waals surface area contributed by atoms with Crippen molar-refractivity contribution in [1.82, 2.24) is 4.90 Å². The first-order chi connectivity index (χ1) is 8.07. The monoisotopic (exact) mass is 233 g/mol. The Morgan fingerprint density at radius 2 is 1.53 bits per heavy atom. The molecule has 0 aromatic heterocycles. The van der Waals surface area contributed by atoms with Crippen LogP contribution in [-0.2, 0) is 9.59 Å². The second kappa shape index (κ2) is 4.47. The number of amides is 2. The SMILES string of the molecule is CCCCN1C(=O)C2C(C)=CC=C(C)C2C1=O. The lowest BCUT2D eigenvalue weighted by atomic mass is 9.80. The molecule has 2 unspecified atom stereocenters. The van der Waals surface area contributed by atoms with Gasteiger partial charge in [-0.2, -0.15) is 0 Å². The van der Waals surface area contributed by atoms with E-state index >= 15 is 0 Å². The van der Waals surface area contributed by atoms with E-state index in [-0.39, 0.29) is 23.7 Å². The van der Waals surface area contributed by atoms with Gasteiger partial charge in [-0.25, -0.2) is 0 Å². The Labute approximate surface area is 102 Å². The maximum absolute atomic E-state index is 12.2. The number of nitrogens with zero attached hydrogens (tertiary/aromatic N) is 1. The summed E-state index contributed by atoms with van der Waals surface area (Å²) < 4.78 is 0. The van der Waals surface area contributed by atoms with Gasteiger partial charge in [-0.15, -0.1) is 0 Å². The lowest BCUT2D eigenvalue weighted by Gasteiger charge is -2.20. The number of imide groups is 1. The molecular weight excluding hydrogens is 214 g/mol. The molecule has 2 atom stereocenters. The zero-order valence-corrected chi connectivity index (χ0v) is 10.7. The first-order valence-electron chi connectivity index (χ1n) is 6.28. The predicted octanol–water partition coefficient (Wildman–Crippen LogP) is 2.29. The molecule has 0 aromatic rings. The summed E-state index contributed by atoms with van der Waals surface area (Å²) in [6.07, 6.45) is 5.81. The number of carbonyl (C=O) groups excluding carboxylic acids is 2. The van der Waals surface area contributed by atoms with E-state index < -0.39 is 0 Å². The molecule has 0 radical (unpaired) electrons. The minimum absolute atomic E-state index is 0.00495. The van der Waals surface area contributed by atoms with E-state index in [4.69, 9.17) is 0 Å². The molecule has 2 amide bonds. The van der Waals surface area contributed by atoms with E-state index in [0.29, 0.717) is 6.54 Å². The molecule has 1 heterocycles. The van der Waals surface area contributed by atoms with Crippen LogP contribution in [0, 0.1) is 11.8 Å². The quantitative estimate of drug-likeness (QED) is 0.701. The third-order valence-corrected chi connectivity index (χ3v) is 3.72. The van der Waals surface area contributed by atoms with Gasteiger partial charge in [0.05, 0.1) is 11.8 Å². The van der Waals surface area contributed by atoms with Crippen molar-refractivity contribution in [3.63, 3.8) is 0 Å². The Hall–Kier alpha value is -1.38. The van der Waals surface area contributed by atoms with Gasteiger partial charge in [0.2, 0.25) is 11.8 Å². The van der Waals surface area contributed by atoms with Crippen molar-refractivity contribution in [2.75, 3.05) is 6.54 Å². The van der Waals surface area contributed by atoms with Crippen molar-refractivity contribution in [3.8, 4) is 0 Å². The van der Waals surface area contributed by atoms with Crippen LogP contribution in [0.5, 0.6) is 0 Å². The molecule has 0 bridgehead atoms. The average molecular weight is 233 g/mol. The number of hydrogen-bond acceptors (Lipinski definition) is 2. The number of hydrogen-bond donors (Lipinski definition) is 0. The van der Waals surface area contributed by atoms with Gasteiger partial charge in [-0.1, -0.05) is 36.6 Å². The van der Waals surface area contributed by atoms with Crippen LogP contribution in [0.25, 0.3) is 0 Å². The third kappa shape index (κ3) is 1.84. The zero-order valence-electron chi connectivity index (χ0n) is 10.7. The summed E-state index contributed by atoms with van der Waals surface area (Å²) in [5, 5.41) is 0. The normalized spacial score (nSPS) is 28.1. The molecule has 0 spiro atoms. The van der Waals surface area contributed by atoms with Gasteiger partial charge in [-0.05, 0) is 20.3 Å². The first-order valence-corrected chi connectivity index (χ1v) is 6.28. The van der Waals surface area contributed by atoms with Crippen LogP contribution in [0.15, 0.2) is 23.3 Å². The molecule has 3 heteroatoms. The highest BCUT2D eigenvalue weighted by Gasteiger charge is 2.49. The van der Waals surface area contributed by atoms with Crippen molar-refractivity contribution in [3.05, 3.63) is 23.3 Å². The van der Waals surface area contributed by atoms with Crippen LogP contribution in [0.4, 0.5) is 0 Å². The summed E-state index contributed by atoms with van der Waals surface area (Å²) in [5.41, 5.74) is 2.02. The molecule has 2 aliphatic rings. The molecular formula is C14H19NO2. The second-order valence-electron chi connectivity index (χ2n) is 4.96. The number of fused-ring (bicyclic) bond motifs is 1. The van der Waals surface area contributed by atoms with Gasteiger partial charge in [-0.3, -0.25) is 14.5 Å². The predicted molar refractivity (Wildman–Crippen MR) is 66.1 cm³/mol. The Balaban J connectivity index is 2.28. The highest BCUT2D eigenvalue weighted by Crippen LogP contribution is 2.39. The van der Waals surface area contributed by atoms with Crippen molar-refractivity contribution >= 4 is 11.8 Å². The van der Waals surface area contributed by atoms with E-state index in [1.54, 1.807) is 0 Å². The molecule has 2 rings (SSSR count). The summed E-state index contributed by atoms with van der Waals surface area (Å²) in [5.74, 6) is -0.474. The van der Waals surface area contributed by atoms with Gasteiger partial charge < -0.3 is 0 Å². The van der Waals surface area contributed by atoms with Gasteiger partial charge in [0.25, 0.3) is 0 Å². The smallest absolute Gasteiger partial charge is 0.237 e. The van der Waals surface area contributed by atoms with Gasteiger partial charge in [0.1, 0.15) is 0 Å². The summed E-state index contributed by atoms with van der Waals surface area (Å²) in [6.45, 7) is 6.51. The van der Waals surface area contributed by atoms with Gasteiger partial charge in [0, 0.05) is 6.54 Å². The number of likely N-dealkylation sites (tertiary alicyclic amines) is 1. The highest BCUT2D eigenvalue weighted by molar-refractivity contribution is 6.08. The average Bonchev–Trinajstić information content (AvgIpc) is 2.55. The van der Waals surface area contributed by atoms with Gasteiger partial charge >= 0.3 is 0 Å². The van der Waals surface area contributed by atoms with E-state index in [0.717, 1.165) is 24.0 Å². The fraction of sp³-hybridized carbons (Fsp3) is 0.571. The largest absolute Gasteiger partial charge is 0.282 e. The summed E-state index contributed by atoms with van der Waals surface area (Å²) >= 11 is 0. The maximum Gasteiger partial charge on any atom is 0.237 e. The maximum atomic E-state index is 12.2. The van der Waals surface area contributed by atoms with Crippen LogP contribution >= 0.6 is 0 Å². The highest BCUT2D eigenvalue weighted by atomic mass is 16.2. The molecule has 1 fully saturated rings. The molecule has 3 nitrogen and oxygen atoms in total. The summed E-state index contributed by atoms with van der Waals surface area (Å²) in [6, 6.07) is 0. The minimum Gasteiger partial charge on any atom is -0.282 e. The molecule has 0 aromatic carbocycles. The fourth-order valence-electron chi connectivity index (χ4n) is 2.65. The van der Waals surface area contributed by atoms with Crippen molar-refractivity contribution in [2.45, 2.75) is 33.6 Å². The van der Waals surface area contributed by atoms with E-state index in [9.17, 15) is 9.59 Å². The van der Waals surface area contributed by atoms with Crippen LogP contribution in [0.2, 0.25) is 0 Å². The van der Waals surface area contributed by atoms with Crippen molar-refractivity contribution < 1.29 is 9.59 Å². The molecule has 1 aliphatic carbocycles. The van der Waals surface area contributed by atoms with Crippen LogP contribution in [0.3, 0.4) is 0 Å².